The summed E-state index contributed by atoms with van der Waals surface area (Å²) in [6.07, 6.45) is 1.32. The number of nitriles is 1. The number of nitrogens with one attached hydrogen (secondary N) is 1. The Labute approximate surface area is 192 Å². The highest BCUT2D eigenvalue weighted by Crippen LogP contribution is 2.36. The van der Waals surface area contributed by atoms with Gasteiger partial charge in [-0.1, -0.05) is 6.07 Å². The Balaban J connectivity index is 0.00000289. The summed E-state index contributed by atoms with van der Waals surface area (Å²) in [5, 5.41) is 20.1. The fourth-order valence-corrected chi connectivity index (χ4v) is 5.12. The molecule has 32 heavy (non-hydrogen) atoms. The topological polar surface area (TPSA) is 123 Å². The van der Waals surface area contributed by atoms with Crippen molar-refractivity contribution in [3.05, 3.63) is 42.1 Å². The van der Waals surface area contributed by atoms with Crippen LogP contribution in [0.2, 0.25) is 0 Å². The van der Waals surface area contributed by atoms with E-state index in [0.29, 0.717) is 60.5 Å². The van der Waals surface area contributed by atoms with Crippen LogP contribution in [0.1, 0.15) is 5.56 Å². The summed E-state index contributed by atoms with van der Waals surface area (Å²) >= 11 is 0. The first kappa shape index (κ1) is 24.0. The molecule has 9 nitrogen and oxygen atoms in total. The molecule has 3 heterocycles. The van der Waals surface area contributed by atoms with Crippen LogP contribution in [-0.4, -0.2) is 79.1 Å². The van der Waals surface area contributed by atoms with Crippen molar-refractivity contribution in [2.45, 2.75) is 4.90 Å². The van der Waals surface area contributed by atoms with Crippen molar-refractivity contribution in [3.8, 4) is 23.2 Å². The third-order valence-electron chi connectivity index (χ3n) is 5.48. The SMILES string of the molecule is COCCN1CCN(S(=O)(=O)c2ccc(-c3c(O)[nH]c4cc(C#N)ccc34)nc2)CC1.Cl. The van der Waals surface area contributed by atoms with Gasteiger partial charge < -0.3 is 14.8 Å². The predicted octanol–water partition coefficient (Wildman–Crippen LogP) is 2.18. The lowest BCUT2D eigenvalue weighted by Crippen LogP contribution is -2.49. The highest BCUT2D eigenvalue weighted by atomic mass is 35.5. The number of fused-ring (bicyclic) bond motifs is 1. The molecule has 1 aliphatic rings. The van der Waals surface area contributed by atoms with Crippen molar-refractivity contribution in [1.29, 1.82) is 5.26 Å². The monoisotopic (exact) mass is 477 g/mol. The van der Waals surface area contributed by atoms with E-state index in [2.05, 4.69) is 20.9 Å². The molecule has 1 aliphatic heterocycles. The second-order valence-electron chi connectivity index (χ2n) is 7.34. The highest BCUT2D eigenvalue weighted by Gasteiger charge is 2.29. The van der Waals surface area contributed by atoms with Crippen LogP contribution in [0.15, 0.2) is 41.4 Å². The zero-order valence-corrected chi connectivity index (χ0v) is 19.1. The summed E-state index contributed by atoms with van der Waals surface area (Å²) in [7, 11) is -2.00. The molecule has 11 heteroatoms. The minimum Gasteiger partial charge on any atom is -0.494 e. The summed E-state index contributed by atoms with van der Waals surface area (Å²) in [6.45, 7) is 3.54. The Morgan fingerprint density at radius 1 is 1.22 bits per heavy atom. The third-order valence-corrected chi connectivity index (χ3v) is 7.36. The number of methoxy groups -OCH3 is 1. The molecule has 1 aromatic carbocycles. The van der Waals surface area contributed by atoms with Gasteiger partial charge in [-0.2, -0.15) is 9.57 Å². The molecule has 1 saturated heterocycles. The highest BCUT2D eigenvalue weighted by molar-refractivity contribution is 7.89. The molecular weight excluding hydrogens is 454 g/mol. The van der Waals surface area contributed by atoms with Crippen LogP contribution in [0.4, 0.5) is 0 Å². The second kappa shape index (κ2) is 9.85. The van der Waals surface area contributed by atoms with E-state index in [1.807, 2.05) is 0 Å². The molecule has 0 saturated carbocycles. The molecule has 0 unspecified atom stereocenters. The first-order valence-electron chi connectivity index (χ1n) is 9.86. The number of rotatable bonds is 6. The fraction of sp³-hybridized carbons (Fsp3) is 0.333. The minimum absolute atomic E-state index is 0. The van der Waals surface area contributed by atoms with Crippen LogP contribution < -0.4 is 0 Å². The molecule has 0 aliphatic carbocycles. The van der Waals surface area contributed by atoms with Crippen molar-refractivity contribution in [1.82, 2.24) is 19.2 Å². The van der Waals surface area contributed by atoms with Crippen LogP contribution in [-0.2, 0) is 14.8 Å². The Morgan fingerprint density at radius 3 is 2.59 bits per heavy atom. The summed E-state index contributed by atoms with van der Waals surface area (Å²) in [5.41, 5.74) is 1.99. The van der Waals surface area contributed by atoms with Crippen LogP contribution in [0.5, 0.6) is 5.88 Å². The first-order chi connectivity index (χ1) is 14.9. The summed E-state index contributed by atoms with van der Waals surface area (Å²) in [5.74, 6) is -0.0830. The molecule has 0 atom stereocenters. The number of pyridine rings is 1. The van der Waals surface area contributed by atoms with Gasteiger partial charge in [0.1, 0.15) is 4.90 Å². The van der Waals surface area contributed by atoms with E-state index in [9.17, 15) is 13.5 Å². The average Bonchev–Trinajstić information content (AvgIpc) is 3.12. The van der Waals surface area contributed by atoms with Gasteiger partial charge >= 0.3 is 0 Å². The van der Waals surface area contributed by atoms with Gasteiger partial charge in [0.25, 0.3) is 0 Å². The number of hydrogen-bond donors (Lipinski definition) is 2. The number of sulfonamides is 1. The lowest BCUT2D eigenvalue weighted by molar-refractivity contribution is 0.123. The van der Waals surface area contributed by atoms with Gasteiger partial charge in [-0.3, -0.25) is 9.88 Å². The maximum absolute atomic E-state index is 13.0. The summed E-state index contributed by atoms with van der Waals surface area (Å²) in [6, 6.07) is 10.2. The first-order valence-corrected chi connectivity index (χ1v) is 11.3. The van der Waals surface area contributed by atoms with E-state index in [-0.39, 0.29) is 23.2 Å². The Hall–Kier alpha value is -2.68. The number of aromatic amines is 1. The Bertz CT molecular complexity index is 1230. The van der Waals surface area contributed by atoms with E-state index in [1.165, 1.54) is 16.6 Å². The second-order valence-corrected chi connectivity index (χ2v) is 9.28. The largest absolute Gasteiger partial charge is 0.494 e. The molecule has 1 fully saturated rings. The van der Waals surface area contributed by atoms with Crippen molar-refractivity contribution >= 4 is 33.3 Å². The van der Waals surface area contributed by atoms with Gasteiger partial charge in [0, 0.05) is 51.4 Å². The summed E-state index contributed by atoms with van der Waals surface area (Å²) in [4.78, 5) is 9.45. The standard InChI is InChI=1S/C21H23N5O4S.ClH/c1-30-11-10-25-6-8-26(9-7-25)31(28,29)16-3-5-18(23-14-16)20-17-4-2-15(13-22)12-19(17)24-21(20)27;/h2-5,12,14,24,27H,6-11H2,1H3;1H. The molecular formula is C21H24ClN5O4S. The quantitative estimate of drug-likeness (QED) is 0.557. The Morgan fingerprint density at radius 2 is 1.97 bits per heavy atom. The lowest BCUT2D eigenvalue weighted by atomic mass is 10.1. The maximum Gasteiger partial charge on any atom is 0.244 e. The minimum atomic E-state index is -3.65. The average molecular weight is 478 g/mol. The number of benzene rings is 1. The van der Waals surface area contributed by atoms with Crippen LogP contribution >= 0.6 is 12.4 Å². The Kier molecular flexibility index (Phi) is 7.38. The molecule has 2 aromatic heterocycles. The molecule has 3 aromatic rings. The van der Waals surface area contributed by atoms with Crippen LogP contribution in [0, 0.1) is 11.3 Å². The van der Waals surface area contributed by atoms with E-state index in [1.54, 1.807) is 31.4 Å². The van der Waals surface area contributed by atoms with Gasteiger partial charge in [0.2, 0.25) is 10.0 Å². The number of halogens is 1. The van der Waals surface area contributed by atoms with Gasteiger partial charge in [-0.05, 0) is 24.3 Å². The normalized spacial score (nSPS) is 15.4. The summed E-state index contributed by atoms with van der Waals surface area (Å²) < 4.78 is 32.6. The number of hydrogen-bond acceptors (Lipinski definition) is 7. The van der Waals surface area contributed by atoms with Crippen molar-refractivity contribution in [2.24, 2.45) is 0 Å². The van der Waals surface area contributed by atoms with Gasteiger partial charge in [-0.25, -0.2) is 8.42 Å². The molecule has 0 amide bonds. The van der Waals surface area contributed by atoms with Gasteiger partial charge in [-0.15, -0.1) is 12.4 Å². The van der Waals surface area contributed by atoms with Crippen molar-refractivity contribution < 1.29 is 18.3 Å². The van der Waals surface area contributed by atoms with Crippen molar-refractivity contribution in [2.75, 3.05) is 46.4 Å². The van der Waals surface area contributed by atoms with Crippen molar-refractivity contribution in [3.63, 3.8) is 0 Å². The fourth-order valence-electron chi connectivity index (χ4n) is 3.76. The molecule has 4 rings (SSSR count). The van der Waals surface area contributed by atoms with Gasteiger partial charge in [0.15, 0.2) is 5.88 Å². The molecule has 0 bridgehead atoms. The zero-order chi connectivity index (χ0) is 22.0. The third kappa shape index (κ3) is 4.57. The number of ether oxygens (including phenoxy) is 1. The molecule has 170 valence electrons. The van der Waals surface area contributed by atoms with Crippen LogP contribution in [0.25, 0.3) is 22.2 Å². The van der Waals surface area contributed by atoms with Crippen LogP contribution in [0.3, 0.4) is 0 Å². The zero-order valence-electron chi connectivity index (χ0n) is 17.5. The smallest absolute Gasteiger partial charge is 0.244 e. The van der Waals surface area contributed by atoms with E-state index < -0.39 is 10.0 Å². The number of nitrogens with zero attached hydrogens (tertiary/aromatic N) is 4. The lowest BCUT2D eigenvalue weighted by Gasteiger charge is -2.33. The molecule has 2 N–H and O–H groups in total. The molecule has 0 radical (unpaired) electrons. The van der Waals surface area contributed by atoms with E-state index in [4.69, 9.17) is 10.00 Å². The number of piperazine rings is 1. The number of H-pyrrole nitrogens is 1. The van der Waals surface area contributed by atoms with E-state index >= 15 is 0 Å². The number of aromatic hydroxyl groups is 1. The van der Waals surface area contributed by atoms with Gasteiger partial charge in [0.05, 0.1) is 35.0 Å². The maximum atomic E-state index is 13.0. The number of aromatic nitrogens is 2. The van der Waals surface area contributed by atoms with E-state index in [0.717, 1.165) is 6.54 Å². The molecule has 0 spiro atoms. The predicted molar refractivity (Wildman–Crippen MR) is 122 cm³/mol.